The number of nitrogens with one attached hydrogen (secondary N) is 1. The Labute approximate surface area is 86.2 Å². The minimum Gasteiger partial charge on any atom is -0.428 e. The van der Waals surface area contributed by atoms with Crippen LogP contribution in [0.15, 0.2) is 18.2 Å². The minimum absolute atomic E-state index is 0.252. The van der Waals surface area contributed by atoms with Crippen molar-refractivity contribution in [2.45, 2.75) is 12.5 Å². The summed E-state index contributed by atoms with van der Waals surface area (Å²) < 4.78 is 52.6. The zero-order valence-electron chi connectivity index (χ0n) is 7.62. The molecule has 0 unspecified atom stereocenters. The molecule has 16 heavy (non-hydrogen) atoms. The van der Waals surface area contributed by atoms with E-state index in [9.17, 15) is 17.6 Å². The van der Waals surface area contributed by atoms with Crippen molar-refractivity contribution < 1.29 is 22.3 Å². The molecule has 1 N–H and O–H groups in total. The molecule has 0 saturated heterocycles. The van der Waals surface area contributed by atoms with Gasteiger partial charge in [0.2, 0.25) is 0 Å². The molecule has 2 aromatic rings. The van der Waals surface area contributed by atoms with Crippen molar-refractivity contribution in [3.8, 4) is 5.75 Å². The van der Waals surface area contributed by atoms with Crippen molar-refractivity contribution in [1.29, 1.82) is 0 Å². The van der Waals surface area contributed by atoms with E-state index in [2.05, 4.69) is 20.1 Å². The number of aromatic amines is 1. The fourth-order valence-corrected chi connectivity index (χ4v) is 1.09. The van der Waals surface area contributed by atoms with Gasteiger partial charge in [0.25, 0.3) is 0 Å². The van der Waals surface area contributed by atoms with Crippen LogP contribution < -0.4 is 4.74 Å². The molecule has 2 rings (SSSR count). The van der Waals surface area contributed by atoms with Gasteiger partial charge in [-0.2, -0.15) is 17.6 Å². The van der Waals surface area contributed by atoms with Crippen LogP contribution in [0.5, 0.6) is 5.75 Å². The summed E-state index contributed by atoms with van der Waals surface area (Å²) in [5, 5.41) is 9.42. The van der Waals surface area contributed by atoms with Crippen LogP contribution in [0.1, 0.15) is 0 Å². The molecule has 0 atom stereocenters. The summed E-state index contributed by atoms with van der Waals surface area (Å²) in [7, 11) is 0. The maximum Gasteiger partial charge on any atom is 0.461 e. The number of benzene rings is 1. The van der Waals surface area contributed by atoms with Gasteiger partial charge in [-0.15, -0.1) is 5.10 Å². The summed E-state index contributed by atoms with van der Waals surface area (Å²) >= 11 is 0. The quantitative estimate of drug-likeness (QED) is 0.829. The molecular formula is C8H5F4N3O. The van der Waals surface area contributed by atoms with Gasteiger partial charge in [0, 0.05) is 6.07 Å². The lowest BCUT2D eigenvalue weighted by atomic mass is 10.3. The molecule has 0 aliphatic heterocycles. The number of rotatable bonds is 3. The van der Waals surface area contributed by atoms with Crippen LogP contribution in [0.25, 0.3) is 11.0 Å². The second-order valence-electron chi connectivity index (χ2n) is 2.96. The lowest BCUT2D eigenvalue weighted by Crippen LogP contribution is -2.33. The van der Waals surface area contributed by atoms with Crippen LogP contribution in [0.3, 0.4) is 0 Å². The van der Waals surface area contributed by atoms with Gasteiger partial charge in [0.1, 0.15) is 11.3 Å². The maximum absolute atomic E-state index is 12.5. The van der Waals surface area contributed by atoms with Crippen molar-refractivity contribution in [3.05, 3.63) is 18.2 Å². The molecule has 0 radical (unpaired) electrons. The van der Waals surface area contributed by atoms with Crippen LogP contribution in [0.4, 0.5) is 17.6 Å². The summed E-state index contributed by atoms with van der Waals surface area (Å²) in [6.07, 6.45) is -8.40. The molecule has 1 aromatic heterocycles. The van der Waals surface area contributed by atoms with Gasteiger partial charge in [-0.1, -0.05) is 5.21 Å². The third-order valence-electron chi connectivity index (χ3n) is 1.81. The Balaban J connectivity index is 2.27. The first kappa shape index (κ1) is 10.7. The van der Waals surface area contributed by atoms with Crippen molar-refractivity contribution in [1.82, 2.24) is 15.4 Å². The van der Waals surface area contributed by atoms with E-state index in [1.165, 1.54) is 6.07 Å². The molecule has 1 aromatic carbocycles. The minimum atomic E-state index is -4.52. The Morgan fingerprint density at radius 1 is 1.31 bits per heavy atom. The fraction of sp³-hybridized carbons (Fsp3) is 0.250. The molecule has 0 bridgehead atoms. The van der Waals surface area contributed by atoms with Gasteiger partial charge < -0.3 is 4.74 Å². The number of alkyl halides is 4. The first-order valence-electron chi connectivity index (χ1n) is 4.15. The molecule has 0 spiro atoms. The Morgan fingerprint density at radius 3 is 2.75 bits per heavy atom. The van der Waals surface area contributed by atoms with Gasteiger partial charge in [0.15, 0.2) is 0 Å². The van der Waals surface area contributed by atoms with Gasteiger partial charge in [-0.3, -0.25) is 5.10 Å². The second kappa shape index (κ2) is 3.62. The number of hydrogen-bond acceptors (Lipinski definition) is 3. The normalized spacial score (nSPS) is 12.3. The van der Waals surface area contributed by atoms with Crippen LogP contribution in [-0.2, 0) is 0 Å². The smallest absolute Gasteiger partial charge is 0.428 e. The third-order valence-corrected chi connectivity index (χ3v) is 1.81. The first-order chi connectivity index (χ1) is 7.49. The van der Waals surface area contributed by atoms with Crippen molar-refractivity contribution in [2.75, 3.05) is 0 Å². The van der Waals surface area contributed by atoms with E-state index in [-0.39, 0.29) is 5.52 Å². The van der Waals surface area contributed by atoms with E-state index in [0.29, 0.717) is 5.52 Å². The van der Waals surface area contributed by atoms with Gasteiger partial charge in [-0.25, -0.2) is 0 Å². The Bertz CT molecular complexity index is 499. The predicted octanol–water partition coefficient (Wildman–Crippen LogP) is 2.19. The van der Waals surface area contributed by atoms with E-state index in [1.807, 2.05) is 0 Å². The molecule has 8 heteroatoms. The molecule has 1 heterocycles. The molecular weight excluding hydrogens is 230 g/mol. The number of nitrogens with zero attached hydrogens (tertiary/aromatic N) is 2. The van der Waals surface area contributed by atoms with Gasteiger partial charge in [-0.05, 0) is 12.1 Å². The van der Waals surface area contributed by atoms with Crippen LogP contribution in [0.2, 0.25) is 0 Å². The Hall–Kier alpha value is -1.86. The summed E-state index contributed by atoms with van der Waals surface area (Å²) in [5.74, 6) is -0.397. The average molecular weight is 235 g/mol. The van der Waals surface area contributed by atoms with E-state index in [1.54, 1.807) is 0 Å². The van der Waals surface area contributed by atoms with Crippen LogP contribution >= 0.6 is 0 Å². The SMILES string of the molecule is FC(F)C(F)(F)Oc1ccc2[nH]nnc2c1. The lowest BCUT2D eigenvalue weighted by molar-refractivity contribution is -0.253. The molecule has 0 fully saturated rings. The molecule has 0 aliphatic rings. The zero-order chi connectivity index (χ0) is 11.8. The van der Waals surface area contributed by atoms with Crippen molar-refractivity contribution >= 4 is 11.0 Å². The summed E-state index contributed by atoms with van der Waals surface area (Å²) in [4.78, 5) is 0. The maximum atomic E-state index is 12.5. The third kappa shape index (κ3) is 1.90. The van der Waals surface area contributed by atoms with Gasteiger partial charge >= 0.3 is 12.5 Å². The number of H-pyrrole nitrogens is 1. The van der Waals surface area contributed by atoms with E-state index in [4.69, 9.17) is 0 Å². The summed E-state index contributed by atoms with van der Waals surface area (Å²) in [6, 6.07) is 3.57. The first-order valence-corrected chi connectivity index (χ1v) is 4.15. The summed E-state index contributed by atoms with van der Waals surface area (Å²) in [6.45, 7) is 0. The van der Waals surface area contributed by atoms with E-state index >= 15 is 0 Å². The van der Waals surface area contributed by atoms with Crippen LogP contribution in [0, 0.1) is 0 Å². The number of halogens is 4. The molecule has 0 amide bonds. The highest BCUT2D eigenvalue weighted by Crippen LogP contribution is 2.28. The Kier molecular flexibility index (Phi) is 2.41. The zero-order valence-corrected chi connectivity index (χ0v) is 7.62. The number of hydrogen-bond donors (Lipinski definition) is 1. The summed E-state index contributed by atoms with van der Waals surface area (Å²) in [5.41, 5.74) is 0.746. The second-order valence-corrected chi connectivity index (χ2v) is 2.96. The fourth-order valence-electron chi connectivity index (χ4n) is 1.09. The molecule has 4 nitrogen and oxygen atoms in total. The molecule has 0 saturated carbocycles. The predicted molar refractivity (Wildman–Crippen MR) is 45.5 cm³/mol. The van der Waals surface area contributed by atoms with E-state index in [0.717, 1.165) is 12.1 Å². The highest BCUT2D eigenvalue weighted by atomic mass is 19.3. The monoisotopic (exact) mass is 235 g/mol. The van der Waals surface area contributed by atoms with Crippen molar-refractivity contribution in [3.63, 3.8) is 0 Å². The largest absolute Gasteiger partial charge is 0.461 e. The standard InChI is InChI=1S/C8H5F4N3O/c9-7(10)8(11,12)16-4-1-2-5-6(3-4)14-15-13-5/h1-3,7H,(H,13,14,15). The highest BCUT2D eigenvalue weighted by Gasteiger charge is 2.43. The van der Waals surface area contributed by atoms with Crippen molar-refractivity contribution in [2.24, 2.45) is 0 Å². The highest BCUT2D eigenvalue weighted by molar-refractivity contribution is 5.75. The molecule has 0 aliphatic carbocycles. The Morgan fingerprint density at radius 2 is 2.06 bits per heavy atom. The van der Waals surface area contributed by atoms with Gasteiger partial charge in [0.05, 0.1) is 5.52 Å². The average Bonchev–Trinajstić information content (AvgIpc) is 2.63. The molecule has 86 valence electrons. The number of fused-ring (bicyclic) bond motifs is 1. The van der Waals surface area contributed by atoms with Crippen LogP contribution in [-0.4, -0.2) is 27.9 Å². The van der Waals surface area contributed by atoms with E-state index < -0.39 is 18.3 Å². The number of aromatic nitrogens is 3. The number of ether oxygens (including phenoxy) is 1. The topological polar surface area (TPSA) is 50.8 Å². The lowest BCUT2D eigenvalue weighted by Gasteiger charge is -2.16.